The summed E-state index contributed by atoms with van der Waals surface area (Å²) >= 11 is 6.00. The van der Waals surface area contributed by atoms with Crippen LogP contribution in [-0.4, -0.2) is 25.0 Å². The number of hydrogen-bond donors (Lipinski definition) is 0. The Morgan fingerprint density at radius 1 is 1.14 bits per heavy atom. The molecule has 1 aromatic carbocycles. The van der Waals surface area contributed by atoms with Gasteiger partial charge in [0.15, 0.2) is 16.5 Å². The first-order valence-electron chi connectivity index (χ1n) is 6.18. The zero-order valence-electron chi connectivity index (χ0n) is 11.0. The van der Waals surface area contributed by atoms with Crippen molar-refractivity contribution in [3.8, 4) is 11.5 Å². The van der Waals surface area contributed by atoms with Crippen molar-refractivity contribution in [2.75, 3.05) is 0 Å². The molecule has 0 unspecified atom stereocenters. The van der Waals surface area contributed by atoms with Crippen LogP contribution in [-0.2, 0) is 0 Å². The van der Waals surface area contributed by atoms with Crippen LogP contribution in [0.3, 0.4) is 0 Å². The molecule has 6 nitrogen and oxygen atoms in total. The SMILES string of the molecule is Cc1cc(-c2nnc3c4c(F)ccc(F)c4c(Cl)nn23)no1. The molecule has 0 aliphatic carbocycles. The lowest BCUT2D eigenvalue weighted by molar-refractivity contribution is 0.399. The lowest BCUT2D eigenvalue weighted by Crippen LogP contribution is -1.99. The van der Waals surface area contributed by atoms with Crippen molar-refractivity contribution in [1.29, 1.82) is 0 Å². The van der Waals surface area contributed by atoms with Crippen molar-refractivity contribution >= 4 is 28.0 Å². The molecule has 22 heavy (non-hydrogen) atoms. The minimum atomic E-state index is -0.682. The molecule has 0 saturated heterocycles. The number of rotatable bonds is 1. The number of hydrogen-bond acceptors (Lipinski definition) is 5. The number of halogens is 3. The average molecular weight is 322 g/mol. The van der Waals surface area contributed by atoms with Gasteiger partial charge in [-0.15, -0.1) is 10.2 Å². The van der Waals surface area contributed by atoms with Crippen molar-refractivity contribution in [2.45, 2.75) is 6.92 Å². The Kier molecular flexibility index (Phi) is 2.64. The zero-order chi connectivity index (χ0) is 15.4. The van der Waals surface area contributed by atoms with Gasteiger partial charge < -0.3 is 4.52 Å². The highest BCUT2D eigenvalue weighted by Crippen LogP contribution is 2.30. The zero-order valence-corrected chi connectivity index (χ0v) is 11.8. The van der Waals surface area contributed by atoms with Crippen LogP contribution < -0.4 is 0 Å². The fourth-order valence-corrected chi connectivity index (χ4v) is 2.53. The Labute approximate surface area is 126 Å². The van der Waals surface area contributed by atoms with Gasteiger partial charge in [0.25, 0.3) is 0 Å². The van der Waals surface area contributed by atoms with E-state index in [2.05, 4.69) is 20.5 Å². The number of fused-ring (bicyclic) bond motifs is 3. The third kappa shape index (κ3) is 1.70. The largest absolute Gasteiger partial charge is 0.361 e. The quantitative estimate of drug-likeness (QED) is 0.538. The van der Waals surface area contributed by atoms with Gasteiger partial charge in [-0.25, -0.2) is 8.78 Å². The van der Waals surface area contributed by atoms with Crippen LogP contribution in [0.4, 0.5) is 8.78 Å². The summed E-state index contributed by atoms with van der Waals surface area (Å²) in [6.07, 6.45) is 0. The fraction of sp³-hybridized carbons (Fsp3) is 0.0769. The van der Waals surface area contributed by atoms with Gasteiger partial charge in [-0.2, -0.15) is 9.61 Å². The molecule has 4 rings (SSSR count). The third-order valence-electron chi connectivity index (χ3n) is 3.22. The van der Waals surface area contributed by atoms with Crippen molar-refractivity contribution in [3.05, 3.63) is 40.7 Å². The van der Waals surface area contributed by atoms with E-state index in [4.69, 9.17) is 16.1 Å². The van der Waals surface area contributed by atoms with E-state index in [0.29, 0.717) is 11.5 Å². The van der Waals surface area contributed by atoms with Crippen molar-refractivity contribution in [1.82, 2.24) is 25.0 Å². The van der Waals surface area contributed by atoms with Crippen molar-refractivity contribution in [2.24, 2.45) is 0 Å². The molecule has 4 aromatic rings. The summed E-state index contributed by atoms with van der Waals surface area (Å²) in [5.41, 5.74) is 0.414. The molecule has 9 heteroatoms. The molecule has 3 heterocycles. The topological polar surface area (TPSA) is 69.1 Å². The molecule has 0 aliphatic heterocycles. The number of benzene rings is 1. The lowest BCUT2D eigenvalue weighted by Gasteiger charge is -2.04. The van der Waals surface area contributed by atoms with E-state index < -0.39 is 11.6 Å². The molecular weight excluding hydrogens is 316 g/mol. The van der Waals surface area contributed by atoms with Crippen molar-refractivity contribution < 1.29 is 13.3 Å². The van der Waals surface area contributed by atoms with Crippen molar-refractivity contribution in [3.63, 3.8) is 0 Å². The Hall–Kier alpha value is -2.61. The van der Waals surface area contributed by atoms with E-state index in [1.807, 2.05) is 0 Å². The van der Waals surface area contributed by atoms with Crippen LogP contribution in [0.25, 0.3) is 27.9 Å². The van der Waals surface area contributed by atoms with Gasteiger partial charge in [0, 0.05) is 6.07 Å². The standard InChI is InChI=1S/C13H6ClF2N5O/c1-5-4-8(20-22-5)12-17-18-13-10-7(16)3-2-6(15)9(10)11(14)19-21(12)13/h2-4H,1H3. The summed E-state index contributed by atoms with van der Waals surface area (Å²) in [6, 6.07) is 3.61. The first-order valence-corrected chi connectivity index (χ1v) is 6.56. The molecule has 0 amide bonds. The predicted octanol–water partition coefficient (Wildman–Crippen LogP) is 3.17. The maximum atomic E-state index is 14.1. The highest BCUT2D eigenvalue weighted by atomic mass is 35.5. The normalized spacial score (nSPS) is 11.6. The predicted molar refractivity (Wildman–Crippen MR) is 73.4 cm³/mol. The summed E-state index contributed by atoms with van der Waals surface area (Å²) in [6.45, 7) is 1.71. The second kappa shape index (κ2) is 4.44. The fourth-order valence-electron chi connectivity index (χ4n) is 2.27. The van der Waals surface area contributed by atoms with Gasteiger partial charge in [-0.05, 0) is 19.1 Å². The van der Waals surface area contributed by atoms with E-state index >= 15 is 0 Å². The number of aryl methyl sites for hydroxylation is 1. The Morgan fingerprint density at radius 2 is 1.86 bits per heavy atom. The minimum absolute atomic E-state index is 0.0482. The Balaban J connectivity index is 2.16. The van der Waals surface area contributed by atoms with Gasteiger partial charge in [0.05, 0.1) is 10.8 Å². The van der Waals surface area contributed by atoms with Crippen LogP contribution >= 0.6 is 11.6 Å². The van der Waals surface area contributed by atoms with Gasteiger partial charge in [-0.3, -0.25) is 0 Å². The molecular formula is C13H6ClF2N5O. The molecule has 0 bridgehead atoms. The molecule has 0 spiro atoms. The number of nitrogens with zero attached hydrogens (tertiary/aromatic N) is 5. The van der Waals surface area contributed by atoms with Crippen LogP contribution in [0.2, 0.25) is 5.15 Å². The van der Waals surface area contributed by atoms with E-state index in [1.54, 1.807) is 13.0 Å². The molecule has 0 atom stereocenters. The Bertz CT molecular complexity index is 1040. The smallest absolute Gasteiger partial charge is 0.207 e. The molecule has 3 aromatic heterocycles. The van der Waals surface area contributed by atoms with E-state index in [0.717, 1.165) is 12.1 Å². The second-order valence-corrected chi connectivity index (χ2v) is 5.01. The summed E-state index contributed by atoms with van der Waals surface area (Å²) in [7, 11) is 0. The maximum absolute atomic E-state index is 14.1. The first kappa shape index (κ1) is 13.1. The highest BCUT2D eigenvalue weighted by molar-refractivity contribution is 6.34. The number of aromatic nitrogens is 5. The molecule has 0 radical (unpaired) electrons. The second-order valence-electron chi connectivity index (χ2n) is 4.65. The first-order chi connectivity index (χ1) is 10.6. The summed E-state index contributed by atoms with van der Waals surface area (Å²) < 4.78 is 34.2. The molecule has 0 aliphatic rings. The van der Waals surface area contributed by atoms with Gasteiger partial charge >= 0.3 is 0 Å². The lowest BCUT2D eigenvalue weighted by atomic mass is 10.2. The third-order valence-corrected chi connectivity index (χ3v) is 3.48. The average Bonchev–Trinajstić information content (AvgIpc) is 3.08. The summed E-state index contributed by atoms with van der Waals surface area (Å²) in [5.74, 6) is -0.561. The Morgan fingerprint density at radius 3 is 2.55 bits per heavy atom. The molecule has 0 fully saturated rings. The van der Waals surface area contributed by atoms with Gasteiger partial charge in [0.1, 0.15) is 17.4 Å². The van der Waals surface area contributed by atoms with Crippen LogP contribution in [0.15, 0.2) is 22.7 Å². The van der Waals surface area contributed by atoms with E-state index in [1.165, 1.54) is 4.52 Å². The minimum Gasteiger partial charge on any atom is -0.361 e. The maximum Gasteiger partial charge on any atom is 0.207 e. The van der Waals surface area contributed by atoms with E-state index in [9.17, 15) is 8.78 Å². The molecule has 110 valence electrons. The van der Waals surface area contributed by atoms with E-state index in [-0.39, 0.29) is 27.4 Å². The molecule has 0 saturated carbocycles. The highest BCUT2D eigenvalue weighted by Gasteiger charge is 2.21. The molecule has 0 N–H and O–H groups in total. The van der Waals surface area contributed by atoms with Crippen LogP contribution in [0.1, 0.15) is 5.76 Å². The van der Waals surface area contributed by atoms with Gasteiger partial charge in [0.2, 0.25) is 5.82 Å². The van der Waals surface area contributed by atoms with Gasteiger partial charge in [-0.1, -0.05) is 16.8 Å². The van der Waals surface area contributed by atoms with Crippen LogP contribution in [0, 0.1) is 18.6 Å². The summed E-state index contributed by atoms with van der Waals surface area (Å²) in [4.78, 5) is 0. The summed E-state index contributed by atoms with van der Waals surface area (Å²) in [5, 5.41) is 15.2. The monoisotopic (exact) mass is 321 g/mol. The van der Waals surface area contributed by atoms with Crippen LogP contribution in [0.5, 0.6) is 0 Å².